The van der Waals surface area contributed by atoms with Crippen molar-refractivity contribution < 1.29 is 85.0 Å². The zero-order valence-corrected chi connectivity index (χ0v) is 95.4. The molecule has 12 heterocycles. The molecule has 29 rings (SSSR count). The van der Waals surface area contributed by atoms with E-state index in [-0.39, 0.29) is 80.4 Å². The van der Waals surface area contributed by atoms with Crippen LogP contribution in [0.2, 0.25) is 0 Å². The Morgan fingerprint density at radius 3 is 1.31 bits per heavy atom. The molecule has 0 bridgehead atoms. The molecule has 0 unspecified atom stereocenters. The maximum atomic E-state index is 4.91. The molecule has 1 saturated heterocycles. The standard InChI is InChI=1S/C32H27N2.C28H26N3.C28H25N2.C25H21N2.C20H13N2.4Ir/c1-19-15-27-26-12-8-11-24-17-33-18-29(34(32(33)31(24)26)28(27)16-20(19)2)30-21(3)13-25(14-22(30)4)23-9-6-5-7-10-23;1-19-9-8-10-20(2)27(19)26-18-29-28-23-12-5-4-11-22(23)24-17-21(13-14-25(24)31(26)28)30-15-6-3-7-16-30;1-17-8-7-9-18(2)26(17)25-16-29-27-22-11-6-5-10-21(22)23-12-19-14-28(3,4)15-20(19)13-24(23)30(25)27;1-15-9-10-22-21(13-15)19-7-5-6-8-20(19)25-26-14-23(27(22)25)24-17(3)11-16(2)12-18(24)4;1-13-10-11-17-19(12-13)22-18-9-5-4-7-15(18)14-6-2-3-8-16(14)20(22)21-17;;;;/h5-16,18H,17H2,1-4H3;4-5,8-11,13-14,17-18H,3,6-7,15-16H2,1-2H3;5-10,12-13,16H,14-15H2,1-4H3;5-7,9-14H,1-4H3;2-7,9-12H,1H3;;;;/q+1;4*-1;;;;. The second kappa shape index (κ2) is 39.7. The monoisotopic (exact) mass is 2630 g/mol. The molecule has 1 fully saturated rings. The van der Waals surface area contributed by atoms with Crippen molar-refractivity contribution in [2.45, 2.75) is 143 Å². The van der Waals surface area contributed by atoms with E-state index < -0.39 is 0 Å². The van der Waals surface area contributed by atoms with E-state index >= 15 is 0 Å². The second-order valence-electron chi connectivity index (χ2n) is 41.7. The third-order valence-corrected chi connectivity index (χ3v) is 31.1. The Morgan fingerprint density at radius 2 is 0.730 bits per heavy atom. The Kier molecular flexibility index (Phi) is 26.9. The molecular weight excluding hydrogens is 2520 g/mol. The summed E-state index contributed by atoms with van der Waals surface area (Å²) in [7, 11) is 0. The van der Waals surface area contributed by atoms with Crippen LogP contribution in [-0.2, 0) is 99.8 Å². The van der Waals surface area contributed by atoms with Gasteiger partial charge < -0.3 is 22.5 Å². The molecule has 0 atom stereocenters. The molecule has 15 heteroatoms. The predicted octanol–water partition coefficient (Wildman–Crippen LogP) is 32.3. The first kappa shape index (κ1) is 100. The summed E-state index contributed by atoms with van der Waals surface area (Å²) in [5, 5.41) is 18.4. The van der Waals surface area contributed by atoms with Crippen molar-refractivity contribution in [3.63, 3.8) is 0 Å². The first-order valence-corrected chi connectivity index (χ1v) is 50.9. The first-order chi connectivity index (χ1) is 70.0. The molecule has 0 amide bonds. The fourth-order valence-corrected chi connectivity index (χ4v) is 24.7. The number of hydrogen-bond acceptors (Lipinski definition) is 5. The minimum atomic E-state index is 0. The average Bonchev–Trinajstić information content (AvgIpc) is 1.53. The zero-order valence-electron chi connectivity index (χ0n) is 85.9. The number of benzene rings is 16. The maximum Gasteiger partial charge on any atom is 0.295 e. The van der Waals surface area contributed by atoms with Crippen LogP contribution in [0.15, 0.2) is 310 Å². The largest absolute Gasteiger partial charge is 0.372 e. The van der Waals surface area contributed by atoms with E-state index in [9.17, 15) is 0 Å². The van der Waals surface area contributed by atoms with E-state index in [0.717, 1.165) is 99.0 Å². The number of piperidine rings is 1. The summed E-state index contributed by atoms with van der Waals surface area (Å²) in [4.78, 5) is 22.0. The van der Waals surface area contributed by atoms with Crippen molar-refractivity contribution in [1.29, 1.82) is 0 Å². The minimum Gasteiger partial charge on any atom is -0.372 e. The van der Waals surface area contributed by atoms with Crippen LogP contribution < -0.4 is 9.47 Å². The molecule has 2 aliphatic heterocycles. The van der Waals surface area contributed by atoms with E-state index in [1.54, 1.807) is 0 Å². The fraction of sp³-hybridized carbons (Fsp3) is 0.180. The topological polar surface area (TPSA) is 80.7 Å². The Balaban J connectivity index is 0.000000108. The zero-order chi connectivity index (χ0) is 98.1. The van der Waals surface area contributed by atoms with E-state index in [1.165, 1.54) is 251 Å². The van der Waals surface area contributed by atoms with Crippen molar-refractivity contribution in [3.05, 3.63) is 423 Å². The third kappa shape index (κ3) is 16.9. The van der Waals surface area contributed by atoms with Gasteiger partial charge in [-0.2, -0.15) is 4.40 Å². The average molecular weight is 2630 g/mol. The Labute approximate surface area is 917 Å². The molecule has 738 valence electrons. The number of nitrogens with zero attached hydrogens (tertiary/aromatic N) is 11. The predicted molar refractivity (Wildman–Crippen MR) is 601 cm³/mol. The van der Waals surface area contributed by atoms with Crippen molar-refractivity contribution in [2.75, 3.05) is 18.0 Å². The first-order valence-electron chi connectivity index (χ1n) is 50.9. The van der Waals surface area contributed by atoms with Crippen LogP contribution in [0.5, 0.6) is 0 Å². The Bertz CT molecular complexity index is 9810. The molecule has 148 heavy (non-hydrogen) atoms. The SMILES string of the molecule is Cc1cc(C)c(-c2cnc3c4[c-]cccc4c4cc(C)ccc4n23)c(C)c1.Cc1cc2c3cccc4c3c3n(c(-c5c(C)cc(-c6ccccc6)cc5C)c[n+]3C4)c2cc1C.Cc1ccc2nc3c4[c-]cccc4c4ccccc4n3c2c1.Cc1cccc(C)c1-c1cnc2c3[c-]cccc3c3cc(N4CCCCC4)ccc3n12.Cc1cccc(C)c1-c1cnc2c3[c-]cccc3c3cc4c(cc3n12)CC(C)(C)C4.[Ir].[Ir].[Ir].[Ir]. The molecule has 0 saturated carbocycles. The van der Waals surface area contributed by atoms with Gasteiger partial charge in [-0.15, -0.1) is 119 Å². The number of hydrogen-bond donors (Lipinski definition) is 0. The number of imidazole rings is 5. The van der Waals surface area contributed by atoms with Crippen LogP contribution in [0, 0.1) is 120 Å². The summed E-state index contributed by atoms with van der Waals surface area (Å²) in [6.45, 7) is 36.5. The van der Waals surface area contributed by atoms with Gasteiger partial charge in [0.2, 0.25) is 0 Å². The van der Waals surface area contributed by atoms with Crippen molar-refractivity contribution in [3.8, 4) is 56.2 Å². The van der Waals surface area contributed by atoms with Crippen LogP contribution in [-0.4, -0.2) is 55.0 Å². The van der Waals surface area contributed by atoms with E-state index in [1.807, 2.05) is 48.9 Å². The molecule has 16 aromatic carbocycles. The molecule has 1 aliphatic carbocycles. The van der Waals surface area contributed by atoms with Crippen LogP contribution in [0.3, 0.4) is 0 Å². The van der Waals surface area contributed by atoms with Crippen LogP contribution >= 0.6 is 0 Å². The van der Waals surface area contributed by atoms with E-state index in [2.05, 4.69) is 421 Å². The molecule has 0 spiro atoms. The quantitative estimate of drug-likeness (QED) is 0.0941. The number of anilines is 1. The molecule has 4 radical (unpaired) electrons. The maximum absolute atomic E-state index is 4.91. The van der Waals surface area contributed by atoms with Gasteiger partial charge >= 0.3 is 0 Å². The fourth-order valence-electron chi connectivity index (χ4n) is 24.7. The summed E-state index contributed by atoms with van der Waals surface area (Å²) in [6, 6.07) is 117. The van der Waals surface area contributed by atoms with Gasteiger partial charge in [-0.3, -0.25) is 19.9 Å². The van der Waals surface area contributed by atoms with E-state index in [0.29, 0.717) is 5.41 Å². The van der Waals surface area contributed by atoms with Crippen LogP contribution in [0.4, 0.5) is 5.69 Å². The molecular formula is C133H112Ir4N11-3. The molecule has 0 N–H and O–H groups in total. The summed E-state index contributed by atoms with van der Waals surface area (Å²) in [5.74, 6) is 0. The number of aryl methyl sites for hydroxylation is 13. The second-order valence-corrected chi connectivity index (χ2v) is 41.7. The molecule has 11 nitrogen and oxygen atoms in total. The number of aromatic nitrogens is 10. The summed E-state index contributed by atoms with van der Waals surface area (Å²) >= 11 is 0. The molecule has 3 aliphatic rings. The van der Waals surface area contributed by atoms with E-state index in [4.69, 9.17) is 19.9 Å². The third-order valence-electron chi connectivity index (χ3n) is 31.1. The van der Waals surface area contributed by atoms with Gasteiger partial charge in [-0.05, 0) is 293 Å². The van der Waals surface area contributed by atoms with Crippen molar-refractivity contribution in [2.24, 2.45) is 5.41 Å². The number of para-hydroxylation sites is 1. The Morgan fingerprint density at radius 1 is 0.291 bits per heavy atom. The van der Waals surface area contributed by atoms with Crippen LogP contribution in [0.25, 0.3) is 204 Å². The van der Waals surface area contributed by atoms with Crippen LogP contribution in [0.1, 0.15) is 122 Å². The van der Waals surface area contributed by atoms with Gasteiger partial charge in [0.25, 0.3) is 5.65 Å². The van der Waals surface area contributed by atoms with Gasteiger partial charge in [-0.1, -0.05) is 198 Å². The molecule has 26 aromatic rings. The van der Waals surface area contributed by atoms with Gasteiger partial charge in [0.15, 0.2) is 5.69 Å². The number of pyridine rings is 5. The summed E-state index contributed by atoms with van der Waals surface area (Å²) in [5.41, 5.74) is 48.9. The molecule has 10 aromatic heterocycles. The Hall–Kier alpha value is -13.8. The van der Waals surface area contributed by atoms with Gasteiger partial charge in [0.05, 0.1) is 56.1 Å². The number of fused-ring (bicyclic) bond motifs is 30. The van der Waals surface area contributed by atoms with Gasteiger partial charge in [0.1, 0.15) is 18.3 Å². The normalized spacial score (nSPS) is 13.0. The summed E-state index contributed by atoms with van der Waals surface area (Å²) in [6.07, 6.45) is 14.6. The number of rotatable bonds is 6. The van der Waals surface area contributed by atoms with Crippen molar-refractivity contribution >= 4 is 153 Å². The minimum absolute atomic E-state index is 0. The van der Waals surface area contributed by atoms with Crippen molar-refractivity contribution in [1.82, 2.24) is 41.9 Å². The van der Waals surface area contributed by atoms with Gasteiger partial charge in [-0.25, -0.2) is 4.57 Å². The summed E-state index contributed by atoms with van der Waals surface area (Å²) < 4.78 is 14.2. The smallest absolute Gasteiger partial charge is 0.295 e. The van der Waals surface area contributed by atoms with Gasteiger partial charge in [0, 0.05) is 178 Å².